The van der Waals surface area contributed by atoms with Crippen molar-refractivity contribution in [3.63, 3.8) is 0 Å². The normalized spacial score (nSPS) is 48.4. The number of carbonyl (C=O) groups is 3. The zero-order valence-electron chi connectivity index (χ0n) is 18.5. The van der Waals surface area contributed by atoms with Gasteiger partial charge in [0, 0.05) is 23.7 Å². The standard InChI is InChI=1S/C24H31FO6/c1-13-9-18-17-6-5-15-10-16(27)7-8-21(15,3)23(17,25)19(28)11-22(18,4)24(13,30)20(29)12-31-14(2)26/h7-8,10,13,17-19,28,30H,5-6,9,11-12H2,1-4H3/t13-,17+,18-,19-,21+,22-,23+,24+/m1/s1. The molecule has 2 N–H and O–H groups in total. The molecule has 0 amide bonds. The van der Waals surface area contributed by atoms with Gasteiger partial charge in [-0.1, -0.05) is 25.5 Å². The number of allylic oxidation sites excluding steroid dienone is 4. The van der Waals surface area contributed by atoms with Crippen molar-refractivity contribution in [1.29, 1.82) is 0 Å². The largest absolute Gasteiger partial charge is 0.458 e. The first-order valence-electron chi connectivity index (χ1n) is 11.0. The average molecular weight is 435 g/mol. The molecule has 31 heavy (non-hydrogen) atoms. The minimum absolute atomic E-state index is 0.0953. The van der Waals surface area contributed by atoms with E-state index in [0.29, 0.717) is 24.8 Å². The Morgan fingerprint density at radius 3 is 2.61 bits per heavy atom. The Morgan fingerprint density at radius 1 is 1.29 bits per heavy atom. The van der Waals surface area contributed by atoms with Crippen LogP contribution < -0.4 is 0 Å². The molecular weight excluding hydrogens is 403 g/mol. The highest BCUT2D eigenvalue weighted by Gasteiger charge is 2.75. The minimum atomic E-state index is -2.01. The number of ketones is 2. The van der Waals surface area contributed by atoms with Crippen molar-refractivity contribution in [3.8, 4) is 0 Å². The number of alkyl halides is 1. The molecule has 0 aromatic carbocycles. The van der Waals surface area contributed by atoms with Crippen LogP contribution in [0.1, 0.15) is 53.4 Å². The number of aliphatic hydroxyl groups excluding tert-OH is 1. The molecule has 4 aliphatic rings. The Bertz CT molecular complexity index is 910. The molecule has 0 aromatic rings. The predicted octanol–water partition coefficient (Wildman–Crippen LogP) is 2.47. The van der Waals surface area contributed by atoms with Crippen LogP contribution in [0, 0.1) is 28.6 Å². The van der Waals surface area contributed by atoms with Gasteiger partial charge in [-0.2, -0.15) is 0 Å². The number of ether oxygens (including phenoxy) is 1. The van der Waals surface area contributed by atoms with Gasteiger partial charge in [0.15, 0.2) is 18.1 Å². The lowest BCUT2D eigenvalue weighted by Crippen LogP contribution is -2.69. The first kappa shape index (κ1) is 22.3. The van der Waals surface area contributed by atoms with Crippen molar-refractivity contribution in [2.75, 3.05) is 6.61 Å². The Morgan fingerprint density at radius 2 is 1.97 bits per heavy atom. The molecule has 0 saturated heterocycles. The third-order valence-electron chi connectivity index (χ3n) is 9.05. The van der Waals surface area contributed by atoms with E-state index in [2.05, 4.69) is 0 Å². The number of esters is 1. The van der Waals surface area contributed by atoms with Crippen LogP contribution in [0.2, 0.25) is 0 Å². The summed E-state index contributed by atoms with van der Waals surface area (Å²) < 4.78 is 21.9. The molecule has 7 heteroatoms. The number of rotatable bonds is 3. The number of hydrogen-bond acceptors (Lipinski definition) is 6. The minimum Gasteiger partial charge on any atom is -0.458 e. The van der Waals surface area contributed by atoms with Crippen LogP contribution in [0.25, 0.3) is 0 Å². The summed E-state index contributed by atoms with van der Waals surface area (Å²) in [5.41, 5.74) is -5.33. The third-order valence-corrected chi connectivity index (χ3v) is 9.05. The quantitative estimate of drug-likeness (QED) is 0.662. The van der Waals surface area contributed by atoms with Gasteiger partial charge in [0.05, 0.1) is 6.10 Å². The highest BCUT2D eigenvalue weighted by molar-refractivity contribution is 6.01. The maximum Gasteiger partial charge on any atom is 0.303 e. The van der Waals surface area contributed by atoms with Gasteiger partial charge in [0.25, 0.3) is 0 Å². The molecule has 170 valence electrons. The second kappa shape index (κ2) is 6.82. The second-order valence-corrected chi connectivity index (χ2v) is 10.4. The van der Waals surface area contributed by atoms with E-state index >= 15 is 4.39 Å². The van der Waals surface area contributed by atoms with Crippen LogP contribution in [0.3, 0.4) is 0 Å². The molecule has 3 fully saturated rings. The van der Waals surface area contributed by atoms with Gasteiger partial charge in [0.1, 0.15) is 5.60 Å². The van der Waals surface area contributed by atoms with Crippen LogP contribution in [-0.2, 0) is 19.1 Å². The lowest BCUT2D eigenvalue weighted by atomic mass is 9.44. The van der Waals surface area contributed by atoms with E-state index in [1.165, 1.54) is 19.1 Å². The lowest BCUT2D eigenvalue weighted by molar-refractivity contribution is -0.219. The van der Waals surface area contributed by atoms with Crippen molar-refractivity contribution in [1.82, 2.24) is 0 Å². The molecule has 0 unspecified atom stereocenters. The van der Waals surface area contributed by atoms with Gasteiger partial charge in [-0.15, -0.1) is 0 Å². The van der Waals surface area contributed by atoms with Gasteiger partial charge in [-0.3, -0.25) is 14.4 Å². The topological polar surface area (TPSA) is 101 Å². The van der Waals surface area contributed by atoms with E-state index in [9.17, 15) is 24.6 Å². The van der Waals surface area contributed by atoms with E-state index in [4.69, 9.17) is 4.74 Å². The summed E-state index contributed by atoms with van der Waals surface area (Å²) in [5.74, 6) is -2.80. The fraction of sp³-hybridized carbons (Fsp3) is 0.708. The van der Waals surface area contributed by atoms with Crippen molar-refractivity contribution < 1.29 is 33.7 Å². The summed E-state index contributed by atoms with van der Waals surface area (Å²) in [7, 11) is 0. The van der Waals surface area contributed by atoms with E-state index in [1.807, 2.05) is 0 Å². The Hall–Kier alpha value is -1.86. The summed E-state index contributed by atoms with van der Waals surface area (Å²) >= 11 is 0. The van der Waals surface area contributed by atoms with E-state index in [1.54, 1.807) is 26.8 Å². The van der Waals surface area contributed by atoms with Gasteiger partial charge in [0.2, 0.25) is 5.78 Å². The molecule has 4 rings (SSSR count). The van der Waals surface area contributed by atoms with Crippen molar-refractivity contribution >= 4 is 17.5 Å². The zero-order valence-corrected chi connectivity index (χ0v) is 18.5. The highest BCUT2D eigenvalue weighted by atomic mass is 19.1. The maximum atomic E-state index is 17.0. The lowest BCUT2D eigenvalue weighted by Gasteiger charge is -2.62. The van der Waals surface area contributed by atoms with Crippen molar-refractivity contribution in [2.24, 2.45) is 28.6 Å². The van der Waals surface area contributed by atoms with Gasteiger partial charge in [-0.05, 0) is 56.6 Å². The molecule has 0 aromatic heterocycles. The van der Waals surface area contributed by atoms with Crippen LogP contribution in [0.4, 0.5) is 4.39 Å². The van der Waals surface area contributed by atoms with Crippen LogP contribution >= 0.6 is 0 Å². The molecular formula is C24H31FO6. The monoisotopic (exact) mass is 434 g/mol. The molecule has 6 nitrogen and oxygen atoms in total. The summed E-state index contributed by atoms with van der Waals surface area (Å²) in [6, 6.07) is 0. The zero-order chi connectivity index (χ0) is 23.0. The molecule has 3 saturated carbocycles. The van der Waals surface area contributed by atoms with Gasteiger partial charge in [-0.25, -0.2) is 4.39 Å². The van der Waals surface area contributed by atoms with Crippen LogP contribution in [0.15, 0.2) is 23.8 Å². The summed E-state index contributed by atoms with van der Waals surface area (Å²) in [4.78, 5) is 36.2. The predicted molar refractivity (Wildman–Crippen MR) is 109 cm³/mol. The van der Waals surface area contributed by atoms with Crippen molar-refractivity contribution in [3.05, 3.63) is 23.8 Å². The SMILES string of the molecule is CC(=O)OCC(=O)[C@@]1(O)[C@H](C)C[C@@H]2[C@@H]3CCC4=CC(=O)C=C[C@]4(C)[C@@]3(F)[C@H](O)C[C@]21C. The summed E-state index contributed by atoms with van der Waals surface area (Å²) in [6.07, 6.45) is 4.29. The van der Waals surface area contributed by atoms with Crippen LogP contribution in [-0.4, -0.2) is 51.7 Å². The second-order valence-electron chi connectivity index (χ2n) is 10.4. The number of hydrogen-bond donors (Lipinski definition) is 2. The Labute approximate surface area is 181 Å². The van der Waals surface area contributed by atoms with Gasteiger partial charge >= 0.3 is 5.97 Å². The van der Waals surface area contributed by atoms with E-state index < -0.39 is 58.4 Å². The molecule has 8 atom stereocenters. The smallest absolute Gasteiger partial charge is 0.303 e. The molecule has 0 spiro atoms. The number of carbonyl (C=O) groups excluding carboxylic acids is 3. The third kappa shape index (κ3) is 2.65. The number of aliphatic hydroxyl groups is 2. The highest BCUT2D eigenvalue weighted by Crippen LogP contribution is 2.70. The molecule has 0 bridgehead atoms. The molecule has 0 heterocycles. The fourth-order valence-electron chi connectivity index (χ4n) is 7.42. The Balaban J connectivity index is 1.76. The van der Waals surface area contributed by atoms with E-state index in [0.717, 1.165) is 0 Å². The number of fused-ring (bicyclic) bond motifs is 5. The molecule has 0 aliphatic heterocycles. The fourth-order valence-corrected chi connectivity index (χ4v) is 7.42. The summed E-state index contributed by atoms with van der Waals surface area (Å²) in [5, 5.41) is 22.9. The summed E-state index contributed by atoms with van der Waals surface area (Å²) in [6.45, 7) is 5.89. The van der Waals surface area contributed by atoms with Gasteiger partial charge < -0.3 is 14.9 Å². The number of Topliss-reactive ketones (excluding diaryl/α,β-unsaturated/α-hetero) is 1. The molecule has 0 radical (unpaired) electrons. The first-order valence-corrected chi connectivity index (χ1v) is 11.0. The maximum absolute atomic E-state index is 17.0. The Kier molecular flexibility index (Phi) is 4.91. The first-order chi connectivity index (χ1) is 14.3. The molecule has 4 aliphatic carbocycles. The van der Waals surface area contributed by atoms with Crippen molar-refractivity contribution in [2.45, 2.75) is 70.8 Å². The van der Waals surface area contributed by atoms with Crippen LogP contribution in [0.5, 0.6) is 0 Å². The number of halogens is 1. The van der Waals surface area contributed by atoms with E-state index in [-0.39, 0.29) is 18.1 Å². The average Bonchev–Trinajstić information content (AvgIpc) is 2.89.